The Bertz CT molecular complexity index is 1840. The van der Waals surface area contributed by atoms with Crippen molar-refractivity contribution in [2.24, 2.45) is 4.36 Å². The Labute approximate surface area is 267 Å². The van der Waals surface area contributed by atoms with Gasteiger partial charge in [-0.1, -0.05) is 31.8 Å². The number of fused-ring (bicyclic) bond motifs is 2. The lowest BCUT2D eigenvalue weighted by atomic mass is 10.0. The van der Waals surface area contributed by atoms with Crippen LogP contribution in [0, 0.1) is 11.6 Å². The van der Waals surface area contributed by atoms with Crippen LogP contribution in [-0.2, 0) is 30.7 Å². The Morgan fingerprint density at radius 3 is 2.37 bits per heavy atom. The van der Waals surface area contributed by atoms with Crippen molar-refractivity contribution in [3.05, 3.63) is 60.2 Å². The maximum absolute atomic E-state index is 15.6. The van der Waals surface area contributed by atoms with Crippen LogP contribution in [0.2, 0.25) is 25.7 Å². The zero-order valence-electron chi connectivity index (χ0n) is 26.4. The van der Waals surface area contributed by atoms with Crippen LogP contribution in [0.15, 0.2) is 52.9 Å². The molecule has 2 aliphatic rings. The quantitative estimate of drug-likeness (QED) is 0.171. The molecule has 0 spiro atoms. The highest BCUT2D eigenvalue weighted by Gasteiger charge is 2.49. The number of aromatic nitrogens is 3. The van der Waals surface area contributed by atoms with Crippen molar-refractivity contribution in [2.75, 3.05) is 32.3 Å². The minimum Gasteiger partial charge on any atom is -0.456 e. The first-order chi connectivity index (χ1) is 21.8. The molecule has 2 aromatic heterocycles. The standard InChI is InChI=1S/C32H38F2N4O6SSi/c1-45(2,40)37-21-8-6-19(7-9-21)20-14-22(33)28(23(34)15-20)24-10-11-25-31(35-24)38(18-41-12-13-46(3,4)5)32(36-25)44-27-17-43-29-26(39)16-42-30(27)29/h6-11,14-15,26-27,29-30,39H,12-13,16-18H2,1-5H3/t26-,27-,29-,30-/m1/s1. The fourth-order valence-electron chi connectivity index (χ4n) is 5.49. The van der Waals surface area contributed by atoms with E-state index in [0.717, 1.165) is 6.04 Å². The minimum absolute atomic E-state index is 0.0646. The Balaban J connectivity index is 1.32. The second-order valence-electron chi connectivity index (χ2n) is 13.2. The van der Waals surface area contributed by atoms with E-state index in [9.17, 15) is 9.32 Å². The lowest BCUT2D eigenvalue weighted by molar-refractivity contribution is 0.00336. The zero-order valence-corrected chi connectivity index (χ0v) is 28.2. The summed E-state index contributed by atoms with van der Waals surface area (Å²) in [5.74, 6) is -1.55. The fraction of sp³-hybridized carbons (Fsp3) is 0.438. The second-order valence-corrected chi connectivity index (χ2v) is 21.3. The molecule has 6 rings (SSSR count). The summed E-state index contributed by atoms with van der Waals surface area (Å²) >= 11 is 0. The number of rotatable bonds is 10. The van der Waals surface area contributed by atoms with E-state index in [2.05, 4.69) is 34.0 Å². The lowest BCUT2D eigenvalue weighted by Gasteiger charge is -2.19. The van der Waals surface area contributed by atoms with Crippen molar-refractivity contribution in [1.82, 2.24) is 14.5 Å². The Kier molecular flexibility index (Phi) is 9.04. The first-order valence-corrected chi connectivity index (χ1v) is 21.1. The van der Waals surface area contributed by atoms with E-state index in [4.69, 9.17) is 18.9 Å². The zero-order chi connectivity index (χ0) is 32.8. The number of benzene rings is 2. The topological polar surface area (TPSA) is 117 Å². The monoisotopic (exact) mass is 672 g/mol. The first kappa shape index (κ1) is 32.7. The molecule has 0 aliphatic carbocycles. The van der Waals surface area contributed by atoms with Crippen LogP contribution in [0.3, 0.4) is 0 Å². The van der Waals surface area contributed by atoms with Crippen LogP contribution in [0.1, 0.15) is 0 Å². The summed E-state index contributed by atoms with van der Waals surface area (Å²) < 4.78 is 72.8. The van der Waals surface area contributed by atoms with Gasteiger partial charge >= 0.3 is 6.01 Å². The molecule has 2 aromatic carbocycles. The Morgan fingerprint density at radius 2 is 1.70 bits per heavy atom. The molecular formula is C32H38F2N4O6SSi. The third kappa shape index (κ3) is 7.16. The molecule has 246 valence electrons. The number of aliphatic hydroxyl groups is 1. The normalized spacial score (nSPS) is 21.6. The molecule has 4 aromatic rings. The van der Waals surface area contributed by atoms with E-state index in [1.54, 1.807) is 34.9 Å². The average Bonchev–Trinajstić information content (AvgIpc) is 3.64. The maximum atomic E-state index is 15.6. The van der Waals surface area contributed by atoms with Gasteiger partial charge in [-0.25, -0.2) is 18.0 Å². The van der Waals surface area contributed by atoms with Crippen molar-refractivity contribution in [2.45, 2.75) is 56.8 Å². The van der Waals surface area contributed by atoms with E-state index < -0.39 is 53.9 Å². The van der Waals surface area contributed by atoms with Crippen LogP contribution in [0.25, 0.3) is 33.5 Å². The first-order valence-electron chi connectivity index (χ1n) is 15.1. The number of nitrogens with zero attached hydrogens (tertiary/aromatic N) is 4. The molecular weight excluding hydrogens is 635 g/mol. The summed E-state index contributed by atoms with van der Waals surface area (Å²) in [5, 5.41) is 10.1. The van der Waals surface area contributed by atoms with Crippen molar-refractivity contribution in [1.29, 1.82) is 0 Å². The van der Waals surface area contributed by atoms with E-state index in [0.29, 0.717) is 34.6 Å². The molecule has 0 amide bonds. The molecule has 1 N–H and O–H groups in total. The predicted molar refractivity (Wildman–Crippen MR) is 174 cm³/mol. The van der Waals surface area contributed by atoms with Crippen molar-refractivity contribution in [3.8, 4) is 28.4 Å². The van der Waals surface area contributed by atoms with Crippen LogP contribution in [0.4, 0.5) is 14.5 Å². The van der Waals surface area contributed by atoms with Gasteiger partial charge in [-0.3, -0.25) is 4.57 Å². The third-order valence-electron chi connectivity index (χ3n) is 7.84. The number of halogens is 2. The molecule has 0 saturated carbocycles. The van der Waals surface area contributed by atoms with Gasteiger partial charge in [0, 0.05) is 36.9 Å². The van der Waals surface area contributed by atoms with Gasteiger partial charge < -0.3 is 24.1 Å². The van der Waals surface area contributed by atoms with Gasteiger partial charge in [-0.15, -0.1) is 0 Å². The summed E-state index contributed by atoms with van der Waals surface area (Å²) in [4.78, 5) is 9.26. The highest BCUT2D eigenvalue weighted by atomic mass is 32.2. The van der Waals surface area contributed by atoms with Crippen LogP contribution in [-0.4, -0.2) is 88.7 Å². The van der Waals surface area contributed by atoms with Crippen LogP contribution >= 0.6 is 0 Å². The summed E-state index contributed by atoms with van der Waals surface area (Å²) in [6.07, 6.45) is 0.898. The molecule has 0 radical (unpaired) electrons. The van der Waals surface area contributed by atoms with Gasteiger partial charge in [0.25, 0.3) is 0 Å². The van der Waals surface area contributed by atoms with Gasteiger partial charge in [-0.05, 0) is 53.6 Å². The molecule has 0 unspecified atom stereocenters. The van der Waals surface area contributed by atoms with E-state index in [-0.39, 0.29) is 37.2 Å². The van der Waals surface area contributed by atoms with Gasteiger partial charge in [-0.2, -0.15) is 9.35 Å². The van der Waals surface area contributed by atoms with Crippen LogP contribution in [0.5, 0.6) is 6.01 Å². The summed E-state index contributed by atoms with van der Waals surface area (Å²) in [5.41, 5.74) is 2.06. The summed E-state index contributed by atoms with van der Waals surface area (Å²) in [6, 6.07) is 13.5. The lowest BCUT2D eigenvalue weighted by Crippen LogP contribution is -2.35. The van der Waals surface area contributed by atoms with E-state index in [1.165, 1.54) is 30.7 Å². The summed E-state index contributed by atoms with van der Waals surface area (Å²) in [7, 11) is -3.70. The fourth-order valence-corrected chi connectivity index (χ4v) is 6.88. The summed E-state index contributed by atoms with van der Waals surface area (Å²) in [6.45, 7) is 7.73. The smallest absolute Gasteiger partial charge is 0.301 e. The number of imidazole rings is 1. The molecule has 4 heterocycles. The number of pyridine rings is 1. The molecule has 0 bridgehead atoms. The van der Waals surface area contributed by atoms with Crippen molar-refractivity contribution < 1.29 is 37.0 Å². The molecule has 2 fully saturated rings. The number of ether oxygens (including phenoxy) is 4. The molecule has 14 heteroatoms. The molecule has 2 saturated heterocycles. The maximum Gasteiger partial charge on any atom is 0.301 e. The molecule has 4 atom stereocenters. The van der Waals surface area contributed by atoms with Crippen molar-refractivity contribution >= 4 is 34.7 Å². The van der Waals surface area contributed by atoms with Gasteiger partial charge in [0.15, 0.2) is 11.8 Å². The van der Waals surface area contributed by atoms with E-state index >= 15 is 8.78 Å². The highest BCUT2D eigenvalue weighted by Crippen LogP contribution is 2.34. The van der Waals surface area contributed by atoms with Gasteiger partial charge in [0.2, 0.25) is 0 Å². The molecule has 10 nitrogen and oxygen atoms in total. The van der Waals surface area contributed by atoms with Gasteiger partial charge in [0.1, 0.15) is 42.2 Å². The Morgan fingerprint density at radius 1 is 1.00 bits per heavy atom. The minimum atomic E-state index is -2.34. The third-order valence-corrected chi connectivity index (χ3v) is 10.2. The van der Waals surface area contributed by atoms with Crippen molar-refractivity contribution in [3.63, 3.8) is 0 Å². The second kappa shape index (κ2) is 12.7. The van der Waals surface area contributed by atoms with Gasteiger partial charge in [0.05, 0.1) is 30.2 Å². The number of hydrogen-bond acceptors (Lipinski definition) is 9. The Hall–Kier alpha value is -3.27. The number of hydrogen-bond donors (Lipinski definition) is 1. The predicted octanol–water partition coefficient (Wildman–Crippen LogP) is 5.62. The molecule has 46 heavy (non-hydrogen) atoms. The van der Waals surface area contributed by atoms with E-state index in [1.807, 2.05) is 0 Å². The SMILES string of the molecule is C[Si](C)(C)CCOCn1c(O[C@@H]2CO[C@H]3[C@@H]2OC[C@H]3O)nc2ccc(-c3c(F)cc(-c4ccc(N=S(C)(C)=O)cc4)cc3F)nc21. The van der Waals surface area contributed by atoms with Crippen LogP contribution < -0.4 is 4.74 Å². The highest BCUT2D eigenvalue weighted by molar-refractivity contribution is 7.92. The molecule has 2 aliphatic heterocycles. The number of aliphatic hydroxyl groups excluding tert-OH is 1. The average molecular weight is 673 g/mol. The largest absolute Gasteiger partial charge is 0.456 e.